The average Bonchev–Trinajstić information content (AvgIpc) is 2.13. The lowest BCUT2D eigenvalue weighted by Gasteiger charge is -2.20. The van der Waals surface area contributed by atoms with Crippen molar-refractivity contribution < 1.29 is 4.79 Å². The lowest BCUT2D eigenvalue weighted by molar-refractivity contribution is -0.131. The van der Waals surface area contributed by atoms with E-state index in [2.05, 4.69) is 6.92 Å². The van der Waals surface area contributed by atoms with E-state index >= 15 is 0 Å². The third-order valence-electron chi connectivity index (χ3n) is 1.89. The molecular formula is C9H21ClN2OS. The van der Waals surface area contributed by atoms with Crippen molar-refractivity contribution in [2.24, 2.45) is 5.73 Å². The third-order valence-corrected chi connectivity index (χ3v) is 2.53. The van der Waals surface area contributed by atoms with Gasteiger partial charge in [-0.2, -0.15) is 11.8 Å². The number of amides is 1. The number of halogens is 1. The largest absolute Gasteiger partial charge is 0.344 e. The van der Waals surface area contributed by atoms with Crippen LogP contribution in [0, 0.1) is 0 Å². The Morgan fingerprint density at radius 2 is 2.14 bits per heavy atom. The van der Waals surface area contributed by atoms with E-state index in [1.54, 1.807) is 16.7 Å². The normalized spacial score (nSPS) is 11.7. The number of likely N-dealkylation sites (N-methyl/N-ethyl adjacent to an activating group) is 1. The summed E-state index contributed by atoms with van der Waals surface area (Å²) >= 11 is 1.72. The predicted molar refractivity (Wildman–Crippen MR) is 66.2 cm³/mol. The molecule has 5 heteroatoms. The number of nitrogens with two attached hydrogens (primary N) is 1. The van der Waals surface area contributed by atoms with Crippen LogP contribution in [-0.4, -0.2) is 42.4 Å². The van der Waals surface area contributed by atoms with Crippen molar-refractivity contribution >= 4 is 30.1 Å². The van der Waals surface area contributed by atoms with Crippen molar-refractivity contribution in [3.05, 3.63) is 0 Å². The highest BCUT2D eigenvalue weighted by Crippen LogP contribution is 2.01. The summed E-state index contributed by atoms with van der Waals surface area (Å²) < 4.78 is 0. The summed E-state index contributed by atoms with van der Waals surface area (Å²) in [5.41, 5.74) is 5.73. The molecule has 0 fully saturated rings. The Hall–Kier alpha value is 0.0700. The van der Waals surface area contributed by atoms with Gasteiger partial charge in [0.2, 0.25) is 5.91 Å². The number of carbonyl (C=O) groups excluding carboxylic acids is 1. The summed E-state index contributed by atoms with van der Waals surface area (Å²) in [4.78, 5) is 13.2. The predicted octanol–water partition coefficient (Wildman–Crippen LogP) is 1.36. The molecule has 14 heavy (non-hydrogen) atoms. The molecule has 0 aromatic rings. The van der Waals surface area contributed by atoms with Crippen LogP contribution in [-0.2, 0) is 4.79 Å². The van der Waals surface area contributed by atoms with Gasteiger partial charge in [0, 0.05) is 13.6 Å². The van der Waals surface area contributed by atoms with Crippen molar-refractivity contribution in [3.63, 3.8) is 0 Å². The van der Waals surface area contributed by atoms with Crippen LogP contribution in [0.3, 0.4) is 0 Å². The fraction of sp³-hybridized carbons (Fsp3) is 0.889. The molecule has 2 N–H and O–H groups in total. The number of carbonyl (C=O) groups is 1. The molecule has 0 saturated heterocycles. The van der Waals surface area contributed by atoms with Gasteiger partial charge in [-0.05, 0) is 24.9 Å². The Kier molecular flexibility index (Phi) is 11.3. The van der Waals surface area contributed by atoms with Gasteiger partial charge in [0.15, 0.2) is 0 Å². The summed E-state index contributed by atoms with van der Waals surface area (Å²) in [6.45, 7) is 2.85. The van der Waals surface area contributed by atoms with E-state index in [9.17, 15) is 4.79 Å². The first-order valence-electron chi connectivity index (χ1n) is 4.63. The number of rotatable bonds is 6. The molecule has 0 radical (unpaired) electrons. The van der Waals surface area contributed by atoms with Crippen molar-refractivity contribution in [1.29, 1.82) is 0 Å². The Morgan fingerprint density at radius 3 is 2.57 bits per heavy atom. The Labute approximate surface area is 97.2 Å². The van der Waals surface area contributed by atoms with E-state index in [0.29, 0.717) is 0 Å². The van der Waals surface area contributed by atoms with E-state index in [1.807, 2.05) is 13.3 Å². The van der Waals surface area contributed by atoms with Crippen LogP contribution < -0.4 is 5.73 Å². The van der Waals surface area contributed by atoms with Crippen LogP contribution >= 0.6 is 24.2 Å². The second kappa shape index (κ2) is 9.62. The van der Waals surface area contributed by atoms with Crippen LogP contribution in [0.2, 0.25) is 0 Å². The lowest BCUT2D eigenvalue weighted by Crippen LogP contribution is -2.42. The molecule has 0 heterocycles. The van der Waals surface area contributed by atoms with E-state index < -0.39 is 0 Å². The van der Waals surface area contributed by atoms with Crippen molar-refractivity contribution in [1.82, 2.24) is 4.90 Å². The molecule has 0 rings (SSSR count). The molecule has 0 aliphatic carbocycles. The molecule has 0 aromatic carbocycles. The van der Waals surface area contributed by atoms with E-state index in [4.69, 9.17) is 5.73 Å². The van der Waals surface area contributed by atoms with E-state index in [0.717, 1.165) is 25.1 Å². The Morgan fingerprint density at radius 1 is 1.57 bits per heavy atom. The fourth-order valence-corrected chi connectivity index (χ4v) is 1.59. The minimum Gasteiger partial charge on any atom is -0.344 e. The lowest BCUT2D eigenvalue weighted by atomic mass is 10.2. The topological polar surface area (TPSA) is 46.3 Å². The highest BCUT2D eigenvalue weighted by molar-refractivity contribution is 7.98. The maximum Gasteiger partial charge on any atom is 0.239 e. The van der Waals surface area contributed by atoms with E-state index in [-0.39, 0.29) is 24.4 Å². The molecule has 1 atom stereocenters. The number of thioether (sulfide) groups is 1. The van der Waals surface area contributed by atoms with Gasteiger partial charge in [-0.25, -0.2) is 0 Å². The van der Waals surface area contributed by atoms with Crippen LogP contribution in [0.25, 0.3) is 0 Å². The number of nitrogens with zero attached hydrogens (tertiary/aromatic N) is 1. The molecule has 0 aromatic heterocycles. The van der Waals surface area contributed by atoms with Gasteiger partial charge in [0.1, 0.15) is 0 Å². The zero-order valence-electron chi connectivity index (χ0n) is 9.16. The first kappa shape index (κ1) is 16.5. The second-order valence-electron chi connectivity index (χ2n) is 3.15. The van der Waals surface area contributed by atoms with Gasteiger partial charge in [-0.15, -0.1) is 12.4 Å². The molecule has 0 aliphatic rings. The van der Waals surface area contributed by atoms with Crippen molar-refractivity contribution in [2.45, 2.75) is 25.8 Å². The summed E-state index contributed by atoms with van der Waals surface area (Å²) in [5, 5.41) is 0. The van der Waals surface area contributed by atoms with Crippen LogP contribution in [0.15, 0.2) is 0 Å². The van der Waals surface area contributed by atoms with Crippen molar-refractivity contribution in [2.75, 3.05) is 25.6 Å². The zero-order valence-corrected chi connectivity index (χ0v) is 10.8. The molecule has 86 valence electrons. The minimum atomic E-state index is -0.316. The Bertz CT molecular complexity index is 158. The maximum absolute atomic E-state index is 11.5. The SMILES string of the molecule is CCCN(C)C(=O)[C@@H](N)CCSC.Cl. The first-order valence-corrected chi connectivity index (χ1v) is 6.02. The van der Waals surface area contributed by atoms with Gasteiger partial charge in [-0.3, -0.25) is 4.79 Å². The van der Waals surface area contributed by atoms with Gasteiger partial charge >= 0.3 is 0 Å². The highest BCUT2D eigenvalue weighted by Gasteiger charge is 2.16. The summed E-state index contributed by atoms with van der Waals surface area (Å²) in [7, 11) is 1.81. The second-order valence-corrected chi connectivity index (χ2v) is 4.13. The fourth-order valence-electron chi connectivity index (χ4n) is 1.10. The number of hydrogen-bond acceptors (Lipinski definition) is 3. The smallest absolute Gasteiger partial charge is 0.239 e. The standard InChI is InChI=1S/C9H20N2OS.ClH/c1-4-6-11(2)9(12)8(10)5-7-13-3;/h8H,4-7,10H2,1-3H3;1H/t8-;/m0./s1. The minimum absolute atomic E-state index is 0. The van der Waals surface area contributed by atoms with Crippen molar-refractivity contribution in [3.8, 4) is 0 Å². The molecule has 0 aliphatic heterocycles. The molecule has 0 spiro atoms. The highest BCUT2D eigenvalue weighted by atomic mass is 35.5. The first-order chi connectivity index (χ1) is 6.13. The zero-order chi connectivity index (χ0) is 10.3. The molecule has 3 nitrogen and oxygen atoms in total. The van der Waals surface area contributed by atoms with E-state index in [1.165, 1.54) is 0 Å². The van der Waals surface area contributed by atoms with Crippen LogP contribution in [0.5, 0.6) is 0 Å². The molecule has 0 saturated carbocycles. The molecule has 0 bridgehead atoms. The quantitative estimate of drug-likeness (QED) is 0.763. The van der Waals surface area contributed by atoms with Gasteiger partial charge in [0.25, 0.3) is 0 Å². The molecule has 1 amide bonds. The molecule has 0 unspecified atom stereocenters. The molecular weight excluding hydrogens is 220 g/mol. The Balaban J connectivity index is 0. The summed E-state index contributed by atoms with van der Waals surface area (Å²) in [6.07, 6.45) is 3.78. The average molecular weight is 241 g/mol. The third kappa shape index (κ3) is 6.51. The van der Waals surface area contributed by atoms with Gasteiger partial charge < -0.3 is 10.6 Å². The monoisotopic (exact) mass is 240 g/mol. The summed E-state index contributed by atoms with van der Waals surface area (Å²) in [5.74, 6) is 1.02. The van der Waals surface area contributed by atoms with Gasteiger partial charge in [0.05, 0.1) is 6.04 Å². The maximum atomic E-state index is 11.5. The van der Waals surface area contributed by atoms with Crippen LogP contribution in [0.4, 0.5) is 0 Å². The van der Waals surface area contributed by atoms with Gasteiger partial charge in [-0.1, -0.05) is 6.92 Å². The summed E-state index contributed by atoms with van der Waals surface area (Å²) in [6, 6.07) is -0.316. The van der Waals surface area contributed by atoms with Crippen LogP contribution in [0.1, 0.15) is 19.8 Å². The number of hydrogen-bond donors (Lipinski definition) is 1.